The van der Waals surface area contributed by atoms with Crippen LogP contribution in [-0.2, 0) is 16.1 Å². The summed E-state index contributed by atoms with van der Waals surface area (Å²) in [5, 5.41) is 15.5. The van der Waals surface area contributed by atoms with Gasteiger partial charge in [-0.2, -0.15) is 0 Å². The Labute approximate surface area is 165 Å². The summed E-state index contributed by atoms with van der Waals surface area (Å²) in [6, 6.07) is 6.87. The number of rotatable bonds is 8. The normalized spacial score (nSPS) is 12.9. The van der Waals surface area contributed by atoms with Crippen molar-refractivity contribution in [2.24, 2.45) is 5.92 Å². The monoisotopic (exact) mass is 410 g/mol. The maximum absolute atomic E-state index is 12.5. The first-order chi connectivity index (χ1) is 12.8. The summed E-state index contributed by atoms with van der Waals surface area (Å²) in [5.41, 5.74) is 0.918. The third-order valence-electron chi connectivity index (χ3n) is 4.06. The fourth-order valence-electron chi connectivity index (χ4n) is 2.27. The van der Waals surface area contributed by atoms with Gasteiger partial charge in [0.1, 0.15) is 12.6 Å². The van der Waals surface area contributed by atoms with Crippen LogP contribution in [0.15, 0.2) is 35.7 Å². The van der Waals surface area contributed by atoms with Gasteiger partial charge < -0.3 is 10.1 Å². The van der Waals surface area contributed by atoms with Crippen LogP contribution in [0.1, 0.15) is 36.2 Å². The highest BCUT2D eigenvalue weighted by molar-refractivity contribution is 7.13. The highest BCUT2D eigenvalue weighted by Gasteiger charge is 2.28. The van der Waals surface area contributed by atoms with Crippen LogP contribution >= 0.6 is 22.9 Å². The van der Waals surface area contributed by atoms with E-state index in [9.17, 15) is 19.7 Å². The standard InChI is InChI=1S/C18H19ClN2O5S/c1-3-11(2)16(20-17(22)13-4-6-14(19)7-5-13)18(23)26-9-12-8-15(21(24)25)27-10-12/h4-8,10-11,16H,3,9H2,1-2H3,(H,20,22)/t11-,16-/m0/s1. The second kappa shape index (κ2) is 9.48. The molecule has 27 heavy (non-hydrogen) atoms. The number of nitrogens with one attached hydrogen (secondary N) is 1. The zero-order valence-electron chi connectivity index (χ0n) is 14.8. The smallest absolute Gasteiger partial charge is 0.329 e. The van der Waals surface area contributed by atoms with E-state index < -0.39 is 22.8 Å². The van der Waals surface area contributed by atoms with Gasteiger partial charge in [-0.25, -0.2) is 4.79 Å². The number of hydrogen-bond donors (Lipinski definition) is 1. The molecule has 9 heteroatoms. The molecule has 1 heterocycles. The Balaban J connectivity index is 2.03. The number of carbonyl (C=O) groups is 2. The third-order valence-corrected chi connectivity index (χ3v) is 5.24. The zero-order valence-corrected chi connectivity index (χ0v) is 16.4. The molecular formula is C18H19ClN2O5S. The van der Waals surface area contributed by atoms with Gasteiger partial charge in [0.25, 0.3) is 5.91 Å². The molecule has 0 saturated heterocycles. The number of halogens is 1. The molecule has 0 bridgehead atoms. The van der Waals surface area contributed by atoms with Crippen LogP contribution < -0.4 is 5.32 Å². The fraction of sp³-hybridized carbons (Fsp3) is 0.333. The summed E-state index contributed by atoms with van der Waals surface area (Å²) in [5.74, 6) is -1.13. The molecule has 0 spiro atoms. The van der Waals surface area contributed by atoms with Crippen molar-refractivity contribution in [1.82, 2.24) is 5.32 Å². The number of benzene rings is 1. The molecular weight excluding hydrogens is 392 g/mol. The molecule has 1 aromatic heterocycles. The molecule has 0 unspecified atom stereocenters. The molecule has 1 N–H and O–H groups in total. The lowest BCUT2D eigenvalue weighted by molar-refractivity contribution is -0.380. The quantitative estimate of drug-likeness (QED) is 0.399. The molecule has 1 amide bonds. The number of ether oxygens (including phenoxy) is 1. The van der Waals surface area contributed by atoms with Crippen LogP contribution in [-0.4, -0.2) is 22.8 Å². The van der Waals surface area contributed by atoms with E-state index in [-0.39, 0.29) is 17.5 Å². The zero-order chi connectivity index (χ0) is 20.0. The molecule has 0 aliphatic heterocycles. The Morgan fingerprint density at radius 3 is 2.56 bits per heavy atom. The molecule has 0 radical (unpaired) electrons. The first kappa shape index (κ1) is 20.9. The number of esters is 1. The summed E-state index contributed by atoms with van der Waals surface area (Å²) in [7, 11) is 0. The predicted octanol–water partition coefficient (Wildman–Crippen LogP) is 4.20. The van der Waals surface area contributed by atoms with Crippen molar-refractivity contribution in [3.05, 3.63) is 62.0 Å². The van der Waals surface area contributed by atoms with Crippen LogP contribution in [0.4, 0.5) is 5.00 Å². The SMILES string of the molecule is CC[C@H](C)[C@H](NC(=O)c1ccc(Cl)cc1)C(=O)OCc1csc([N+](=O)[O-])c1. The van der Waals surface area contributed by atoms with Crippen LogP contribution in [0, 0.1) is 16.0 Å². The molecule has 2 atom stereocenters. The third kappa shape index (κ3) is 5.77. The van der Waals surface area contributed by atoms with Gasteiger partial charge >= 0.3 is 11.0 Å². The largest absolute Gasteiger partial charge is 0.459 e. The molecule has 0 aliphatic carbocycles. The van der Waals surface area contributed by atoms with Crippen LogP contribution in [0.5, 0.6) is 0 Å². The number of hydrogen-bond acceptors (Lipinski definition) is 6. The first-order valence-electron chi connectivity index (χ1n) is 8.26. The Morgan fingerprint density at radius 2 is 2.00 bits per heavy atom. The van der Waals surface area contributed by atoms with Crippen molar-refractivity contribution in [3.63, 3.8) is 0 Å². The number of carbonyl (C=O) groups excluding carboxylic acids is 2. The minimum absolute atomic E-state index is 0.0180. The van der Waals surface area contributed by atoms with Crippen molar-refractivity contribution >= 4 is 39.8 Å². The van der Waals surface area contributed by atoms with Crippen LogP contribution in [0.25, 0.3) is 0 Å². The molecule has 0 saturated carbocycles. The second-order valence-electron chi connectivity index (χ2n) is 6.00. The number of amides is 1. The van der Waals surface area contributed by atoms with Gasteiger partial charge in [0, 0.05) is 27.6 Å². The lowest BCUT2D eigenvalue weighted by Gasteiger charge is -2.22. The predicted molar refractivity (Wildman–Crippen MR) is 103 cm³/mol. The van der Waals surface area contributed by atoms with Gasteiger partial charge in [0.15, 0.2) is 0 Å². The van der Waals surface area contributed by atoms with E-state index in [1.165, 1.54) is 6.07 Å². The number of thiophene rings is 1. The summed E-state index contributed by atoms with van der Waals surface area (Å²) in [6.45, 7) is 3.65. The van der Waals surface area contributed by atoms with Crippen molar-refractivity contribution in [3.8, 4) is 0 Å². The van der Waals surface area contributed by atoms with Crippen molar-refractivity contribution in [2.45, 2.75) is 32.9 Å². The fourth-order valence-corrected chi connectivity index (χ4v) is 3.11. The Morgan fingerprint density at radius 1 is 1.33 bits per heavy atom. The maximum atomic E-state index is 12.5. The molecule has 0 fully saturated rings. The average Bonchev–Trinajstić information content (AvgIpc) is 3.13. The average molecular weight is 411 g/mol. The van der Waals surface area contributed by atoms with Gasteiger partial charge in [-0.15, -0.1) is 0 Å². The minimum atomic E-state index is -0.827. The van der Waals surface area contributed by atoms with E-state index in [1.54, 1.807) is 29.6 Å². The maximum Gasteiger partial charge on any atom is 0.329 e. The summed E-state index contributed by atoms with van der Waals surface area (Å²) in [4.78, 5) is 35.1. The highest BCUT2D eigenvalue weighted by Crippen LogP contribution is 2.23. The lowest BCUT2D eigenvalue weighted by atomic mass is 9.98. The lowest BCUT2D eigenvalue weighted by Crippen LogP contribution is -2.45. The number of nitro groups is 1. The second-order valence-corrected chi connectivity index (χ2v) is 7.33. The molecule has 1 aromatic carbocycles. The summed E-state index contributed by atoms with van der Waals surface area (Å²) in [6.07, 6.45) is 0.657. The molecule has 2 rings (SSSR count). The minimum Gasteiger partial charge on any atom is -0.459 e. The Bertz CT molecular complexity index is 821. The first-order valence-corrected chi connectivity index (χ1v) is 9.52. The van der Waals surface area contributed by atoms with Gasteiger partial charge in [-0.1, -0.05) is 43.2 Å². The van der Waals surface area contributed by atoms with E-state index in [2.05, 4.69) is 5.32 Å². The van der Waals surface area contributed by atoms with Gasteiger partial charge in [-0.05, 0) is 30.2 Å². The Kier molecular flexibility index (Phi) is 7.32. The van der Waals surface area contributed by atoms with E-state index in [1.807, 2.05) is 13.8 Å². The molecule has 0 aliphatic rings. The van der Waals surface area contributed by atoms with E-state index in [0.717, 1.165) is 11.3 Å². The van der Waals surface area contributed by atoms with E-state index in [4.69, 9.17) is 16.3 Å². The topological polar surface area (TPSA) is 98.5 Å². The van der Waals surface area contributed by atoms with E-state index >= 15 is 0 Å². The molecule has 7 nitrogen and oxygen atoms in total. The Hall–Kier alpha value is -2.45. The van der Waals surface area contributed by atoms with Crippen molar-refractivity contribution in [2.75, 3.05) is 0 Å². The number of nitrogens with zero attached hydrogens (tertiary/aromatic N) is 1. The highest BCUT2D eigenvalue weighted by atomic mass is 35.5. The van der Waals surface area contributed by atoms with Gasteiger partial charge in [0.05, 0.1) is 4.92 Å². The van der Waals surface area contributed by atoms with E-state index in [0.29, 0.717) is 22.6 Å². The molecule has 2 aromatic rings. The van der Waals surface area contributed by atoms with Crippen molar-refractivity contribution in [1.29, 1.82) is 0 Å². The van der Waals surface area contributed by atoms with Crippen LogP contribution in [0.2, 0.25) is 5.02 Å². The summed E-state index contributed by atoms with van der Waals surface area (Å²) < 4.78 is 5.27. The van der Waals surface area contributed by atoms with Crippen LogP contribution in [0.3, 0.4) is 0 Å². The van der Waals surface area contributed by atoms with Gasteiger partial charge in [0.2, 0.25) is 0 Å². The summed E-state index contributed by atoms with van der Waals surface area (Å²) >= 11 is 6.79. The van der Waals surface area contributed by atoms with Crippen molar-refractivity contribution < 1.29 is 19.2 Å². The molecule has 144 valence electrons. The van der Waals surface area contributed by atoms with Gasteiger partial charge in [-0.3, -0.25) is 14.9 Å².